The summed E-state index contributed by atoms with van der Waals surface area (Å²) in [4.78, 5) is 0. The first-order valence-corrected chi connectivity index (χ1v) is 6.92. The normalized spacial score (nSPS) is 21.1. The Bertz CT molecular complexity index is 583. The molecule has 2 N–H and O–H groups in total. The predicted octanol–water partition coefficient (Wildman–Crippen LogP) is 3.09. The molecule has 2 atom stereocenters. The van der Waals surface area contributed by atoms with E-state index in [1.54, 1.807) is 7.11 Å². The fourth-order valence-corrected chi connectivity index (χ4v) is 2.73. The van der Waals surface area contributed by atoms with Gasteiger partial charge in [-0.25, -0.2) is 0 Å². The highest BCUT2D eigenvalue weighted by Gasteiger charge is 2.28. The van der Waals surface area contributed by atoms with E-state index in [1.165, 1.54) is 5.56 Å². The van der Waals surface area contributed by atoms with E-state index in [1.807, 2.05) is 36.4 Å². The summed E-state index contributed by atoms with van der Waals surface area (Å²) in [6.07, 6.45) is 1.92. The molecule has 0 bridgehead atoms. The number of ether oxygens (including phenoxy) is 2. The number of hydrogen-bond donors (Lipinski definition) is 1. The highest BCUT2D eigenvalue weighted by atomic mass is 16.5. The predicted molar refractivity (Wildman–Crippen MR) is 79.1 cm³/mol. The van der Waals surface area contributed by atoms with E-state index in [0.717, 1.165) is 29.9 Å². The van der Waals surface area contributed by atoms with Gasteiger partial charge in [-0.3, -0.25) is 0 Å². The Morgan fingerprint density at radius 2 is 1.85 bits per heavy atom. The van der Waals surface area contributed by atoms with Crippen LogP contribution in [0.2, 0.25) is 0 Å². The third kappa shape index (κ3) is 2.49. The average Bonchev–Trinajstić information content (AvgIpc) is 2.51. The van der Waals surface area contributed by atoms with Crippen LogP contribution in [0.1, 0.15) is 23.6 Å². The molecule has 3 heteroatoms. The Balaban J connectivity index is 1.80. The van der Waals surface area contributed by atoms with Crippen molar-refractivity contribution in [1.82, 2.24) is 0 Å². The molecule has 3 nitrogen and oxygen atoms in total. The van der Waals surface area contributed by atoms with Gasteiger partial charge >= 0.3 is 0 Å². The minimum Gasteiger partial charge on any atom is -0.497 e. The molecule has 0 spiro atoms. The first-order valence-electron chi connectivity index (χ1n) is 6.92. The van der Waals surface area contributed by atoms with Crippen LogP contribution in [-0.2, 0) is 6.42 Å². The lowest BCUT2D eigenvalue weighted by molar-refractivity contribution is 0.153. The van der Waals surface area contributed by atoms with Crippen molar-refractivity contribution in [3.05, 3.63) is 59.7 Å². The molecule has 20 heavy (non-hydrogen) atoms. The molecule has 2 aromatic rings. The van der Waals surface area contributed by atoms with E-state index in [-0.39, 0.29) is 12.1 Å². The Morgan fingerprint density at radius 1 is 1.05 bits per heavy atom. The molecule has 104 valence electrons. The summed E-state index contributed by atoms with van der Waals surface area (Å²) in [7, 11) is 1.69. The fraction of sp³-hybridized carbons (Fsp3) is 0.294. The summed E-state index contributed by atoms with van der Waals surface area (Å²) < 4.78 is 11.3. The quantitative estimate of drug-likeness (QED) is 0.931. The molecule has 0 radical (unpaired) electrons. The number of hydrogen-bond acceptors (Lipinski definition) is 3. The highest BCUT2D eigenvalue weighted by molar-refractivity contribution is 5.40. The highest BCUT2D eigenvalue weighted by Crippen LogP contribution is 2.33. The second kappa shape index (κ2) is 5.55. The molecule has 0 aromatic heterocycles. The summed E-state index contributed by atoms with van der Waals surface area (Å²) >= 11 is 0. The second-order valence-electron chi connectivity index (χ2n) is 5.10. The van der Waals surface area contributed by atoms with Crippen molar-refractivity contribution >= 4 is 0 Å². The Hall–Kier alpha value is -2.00. The van der Waals surface area contributed by atoms with Crippen molar-refractivity contribution in [2.24, 2.45) is 5.73 Å². The third-order valence-corrected chi connectivity index (χ3v) is 3.84. The van der Waals surface area contributed by atoms with Gasteiger partial charge in [0.05, 0.1) is 13.2 Å². The van der Waals surface area contributed by atoms with E-state index in [9.17, 15) is 0 Å². The molecule has 0 fully saturated rings. The van der Waals surface area contributed by atoms with Crippen molar-refractivity contribution in [2.45, 2.75) is 25.0 Å². The smallest absolute Gasteiger partial charge is 0.119 e. The number of aryl methyl sites for hydroxylation is 1. The monoisotopic (exact) mass is 269 g/mol. The maximum Gasteiger partial charge on any atom is 0.119 e. The van der Waals surface area contributed by atoms with Gasteiger partial charge in [-0.2, -0.15) is 0 Å². The maximum absolute atomic E-state index is 6.36. The molecule has 2 aromatic carbocycles. The van der Waals surface area contributed by atoms with Crippen LogP contribution in [0.15, 0.2) is 48.5 Å². The summed E-state index contributed by atoms with van der Waals surface area (Å²) in [5, 5.41) is 0. The van der Waals surface area contributed by atoms with Crippen LogP contribution in [0.4, 0.5) is 0 Å². The molecular formula is C17H19NO2. The second-order valence-corrected chi connectivity index (χ2v) is 5.10. The largest absolute Gasteiger partial charge is 0.497 e. The first kappa shape index (κ1) is 13.0. The maximum atomic E-state index is 6.36. The fourth-order valence-electron chi connectivity index (χ4n) is 2.73. The van der Waals surface area contributed by atoms with Gasteiger partial charge in [-0.1, -0.05) is 24.3 Å². The van der Waals surface area contributed by atoms with Gasteiger partial charge in [0.25, 0.3) is 0 Å². The Labute approximate surface area is 119 Å². The summed E-state index contributed by atoms with van der Waals surface area (Å²) in [6.45, 7) is 0. The van der Waals surface area contributed by atoms with Crippen molar-refractivity contribution in [2.75, 3.05) is 7.11 Å². The zero-order chi connectivity index (χ0) is 13.9. The minimum absolute atomic E-state index is 0.0262. The van der Waals surface area contributed by atoms with Gasteiger partial charge in [0, 0.05) is 0 Å². The zero-order valence-electron chi connectivity index (χ0n) is 11.6. The van der Waals surface area contributed by atoms with E-state index in [4.69, 9.17) is 15.2 Å². The Kier molecular flexibility index (Phi) is 3.61. The molecule has 2 unspecified atom stereocenters. The number of nitrogens with two attached hydrogens (primary N) is 1. The van der Waals surface area contributed by atoms with Crippen molar-refractivity contribution < 1.29 is 9.47 Å². The average molecular weight is 269 g/mol. The van der Waals surface area contributed by atoms with Gasteiger partial charge in [-0.15, -0.1) is 0 Å². The van der Waals surface area contributed by atoms with Crippen molar-refractivity contribution in [3.63, 3.8) is 0 Å². The van der Waals surface area contributed by atoms with Gasteiger partial charge in [-0.05, 0) is 48.2 Å². The lowest BCUT2D eigenvalue weighted by Gasteiger charge is -2.31. The molecule has 0 aliphatic heterocycles. The first-order chi connectivity index (χ1) is 9.78. The lowest BCUT2D eigenvalue weighted by atomic mass is 9.86. The molecule has 3 rings (SSSR count). The lowest BCUT2D eigenvalue weighted by Crippen LogP contribution is -2.35. The standard InChI is InChI=1S/C17H19NO2/c1-19-14-8-9-15-12(11-14)7-10-16(17(15)18)20-13-5-3-2-4-6-13/h2-6,8-9,11,16-17H,7,10,18H2,1H3. The van der Waals surface area contributed by atoms with E-state index < -0.39 is 0 Å². The molecular weight excluding hydrogens is 250 g/mol. The molecule has 0 heterocycles. The molecule has 0 saturated carbocycles. The number of fused-ring (bicyclic) bond motifs is 1. The number of benzene rings is 2. The molecule has 1 aliphatic rings. The Morgan fingerprint density at radius 3 is 2.60 bits per heavy atom. The molecule has 0 amide bonds. The third-order valence-electron chi connectivity index (χ3n) is 3.84. The van der Waals surface area contributed by atoms with Crippen molar-refractivity contribution in [1.29, 1.82) is 0 Å². The van der Waals surface area contributed by atoms with E-state index in [2.05, 4.69) is 12.1 Å². The minimum atomic E-state index is -0.0927. The summed E-state index contributed by atoms with van der Waals surface area (Å²) in [6, 6.07) is 15.9. The molecule has 0 saturated heterocycles. The van der Waals surface area contributed by atoms with Gasteiger partial charge in [0.2, 0.25) is 0 Å². The summed E-state index contributed by atoms with van der Waals surface area (Å²) in [5.41, 5.74) is 8.80. The number of methoxy groups -OCH3 is 1. The van der Waals surface area contributed by atoms with Crippen LogP contribution in [0.25, 0.3) is 0 Å². The van der Waals surface area contributed by atoms with Gasteiger partial charge < -0.3 is 15.2 Å². The van der Waals surface area contributed by atoms with Crippen LogP contribution in [0.3, 0.4) is 0 Å². The van der Waals surface area contributed by atoms with Crippen LogP contribution < -0.4 is 15.2 Å². The SMILES string of the molecule is COc1ccc2c(c1)CCC(Oc1ccccc1)C2N. The molecule has 1 aliphatic carbocycles. The number of rotatable bonds is 3. The summed E-state index contributed by atoms with van der Waals surface area (Å²) in [5.74, 6) is 1.77. The van der Waals surface area contributed by atoms with E-state index in [0.29, 0.717) is 0 Å². The van der Waals surface area contributed by atoms with E-state index >= 15 is 0 Å². The van der Waals surface area contributed by atoms with Crippen LogP contribution >= 0.6 is 0 Å². The van der Waals surface area contributed by atoms with Crippen LogP contribution in [-0.4, -0.2) is 13.2 Å². The van der Waals surface area contributed by atoms with Gasteiger partial charge in [0.15, 0.2) is 0 Å². The number of para-hydroxylation sites is 1. The topological polar surface area (TPSA) is 44.5 Å². The van der Waals surface area contributed by atoms with Crippen LogP contribution in [0, 0.1) is 0 Å². The van der Waals surface area contributed by atoms with Gasteiger partial charge in [0.1, 0.15) is 17.6 Å². The van der Waals surface area contributed by atoms with Crippen molar-refractivity contribution in [3.8, 4) is 11.5 Å². The van der Waals surface area contributed by atoms with Crippen LogP contribution in [0.5, 0.6) is 11.5 Å². The zero-order valence-corrected chi connectivity index (χ0v) is 11.6.